The molecule has 0 fully saturated rings. The summed E-state index contributed by atoms with van der Waals surface area (Å²) in [5.41, 5.74) is 3.83. The standard InChI is InChI=1S/C33H31Cl2N3O5S/c1-6-42-32(40)29-19(2)36-33-38(31(39)28(44-33)15-20-7-12-24(13-8-20)37(3)4)30(29)21-10-14-26(27(16-21)41-5)43-18-22-9-11-23(34)17-25(22)35/h7-17,30H,6,18H2,1-5H3/b28-15+. The first kappa shape index (κ1) is 31.4. The lowest BCUT2D eigenvalue weighted by Gasteiger charge is -2.25. The summed E-state index contributed by atoms with van der Waals surface area (Å²) in [5, 5.41) is 1.02. The highest BCUT2D eigenvalue weighted by molar-refractivity contribution is 7.07. The Kier molecular flexibility index (Phi) is 9.48. The maximum Gasteiger partial charge on any atom is 0.338 e. The van der Waals surface area contributed by atoms with Crippen molar-refractivity contribution < 1.29 is 19.0 Å². The van der Waals surface area contributed by atoms with Gasteiger partial charge in [-0.15, -0.1) is 0 Å². The average Bonchev–Trinajstić information content (AvgIpc) is 3.30. The second-order valence-corrected chi connectivity index (χ2v) is 12.1. The number of benzene rings is 3. The zero-order valence-corrected chi connectivity index (χ0v) is 27.2. The Labute approximate surface area is 269 Å². The SMILES string of the molecule is CCOC(=O)C1=C(C)N=c2s/c(=C/c3ccc(N(C)C)cc3)c(=O)n2C1c1ccc(OCc2ccc(Cl)cc2Cl)c(OC)c1. The lowest BCUT2D eigenvalue weighted by molar-refractivity contribution is -0.139. The Hall–Kier alpha value is -4.05. The molecular formula is C33H31Cl2N3O5S. The topological polar surface area (TPSA) is 82.4 Å². The number of allylic oxidation sites excluding steroid dienone is 1. The molecule has 4 aromatic rings. The Morgan fingerprint density at radius 3 is 2.48 bits per heavy atom. The van der Waals surface area contributed by atoms with Gasteiger partial charge in [-0.3, -0.25) is 9.36 Å². The quantitative estimate of drug-likeness (QED) is 0.214. The molecular weight excluding hydrogens is 621 g/mol. The van der Waals surface area contributed by atoms with Crippen molar-refractivity contribution in [2.45, 2.75) is 26.5 Å². The van der Waals surface area contributed by atoms with Crippen molar-refractivity contribution in [2.24, 2.45) is 4.99 Å². The van der Waals surface area contributed by atoms with Gasteiger partial charge in [0.1, 0.15) is 6.61 Å². The fourth-order valence-corrected chi connectivity index (χ4v) is 6.40. The summed E-state index contributed by atoms with van der Waals surface area (Å²) in [6, 6.07) is 17.6. The molecule has 44 heavy (non-hydrogen) atoms. The summed E-state index contributed by atoms with van der Waals surface area (Å²) < 4.78 is 19.2. The molecule has 8 nitrogen and oxygen atoms in total. The third kappa shape index (κ3) is 6.40. The number of thiazole rings is 1. The van der Waals surface area contributed by atoms with Crippen molar-refractivity contribution in [3.8, 4) is 11.5 Å². The van der Waals surface area contributed by atoms with Crippen molar-refractivity contribution in [3.05, 3.63) is 118 Å². The van der Waals surface area contributed by atoms with Gasteiger partial charge in [0.25, 0.3) is 5.56 Å². The van der Waals surface area contributed by atoms with E-state index >= 15 is 0 Å². The summed E-state index contributed by atoms with van der Waals surface area (Å²) in [7, 11) is 5.47. The van der Waals surface area contributed by atoms with E-state index in [4.69, 9.17) is 37.4 Å². The molecule has 228 valence electrons. The molecule has 0 spiro atoms. The molecule has 1 unspecified atom stereocenters. The highest BCUT2D eigenvalue weighted by Crippen LogP contribution is 2.37. The van der Waals surface area contributed by atoms with E-state index in [0.29, 0.717) is 42.1 Å². The molecule has 1 aliphatic heterocycles. The van der Waals surface area contributed by atoms with Gasteiger partial charge in [0.05, 0.1) is 35.6 Å². The van der Waals surface area contributed by atoms with Crippen LogP contribution < -0.4 is 29.3 Å². The molecule has 0 amide bonds. The van der Waals surface area contributed by atoms with Crippen molar-refractivity contribution in [1.29, 1.82) is 0 Å². The second kappa shape index (κ2) is 13.3. The summed E-state index contributed by atoms with van der Waals surface area (Å²) in [6.07, 6.45) is 1.84. The fourth-order valence-electron chi connectivity index (χ4n) is 4.89. The number of hydrogen-bond acceptors (Lipinski definition) is 8. The van der Waals surface area contributed by atoms with Gasteiger partial charge in [0.15, 0.2) is 16.3 Å². The number of fused-ring (bicyclic) bond motifs is 1. The van der Waals surface area contributed by atoms with Crippen LogP contribution in [0.15, 0.2) is 81.7 Å². The molecule has 1 aliphatic rings. The van der Waals surface area contributed by atoms with Gasteiger partial charge < -0.3 is 19.1 Å². The zero-order chi connectivity index (χ0) is 31.5. The summed E-state index contributed by atoms with van der Waals surface area (Å²) in [5.74, 6) is 0.353. The third-order valence-electron chi connectivity index (χ3n) is 7.13. The molecule has 0 aliphatic carbocycles. The Morgan fingerprint density at radius 1 is 1.07 bits per heavy atom. The lowest BCUT2D eigenvalue weighted by atomic mass is 9.95. The second-order valence-electron chi connectivity index (χ2n) is 10.2. The van der Waals surface area contributed by atoms with Crippen LogP contribution in [0.25, 0.3) is 6.08 Å². The van der Waals surface area contributed by atoms with Crippen molar-refractivity contribution in [2.75, 3.05) is 32.7 Å². The largest absolute Gasteiger partial charge is 0.493 e. The van der Waals surface area contributed by atoms with Gasteiger partial charge in [0, 0.05) is 35.4 Å². The van der Waals surface area contributed by atoms with E-state index in [1.165, 1.54) is 18.4 Å². The molecule has 3 aromatic carbocycles. The molecule has 5 rings (SSSR count). The number of anilines is 1. The van der Waals surface area contributed by atoms with E-state index in [2.05, 4.69) is 4.99 Å². The molecule has 1 atom stereocenters. The number of methoxy groups -OCH3 is 1. The first-order chi connectivity index (χ1) is 21.1. The lowest BCUT2D eigenvalue weighted by Crippen LogP contribution is -2.40. The molecule has 11 heteroatoms. The van der Waals surface area contributed by atoms with Gasteiger partial charge in [-0.2, -0.15) is 0 Å². The number of carbonyl (C=O) groups excluding carboxylic acids is 1. The van der Waals surface area contributed by atoms with Crippen LogP contribution in [0.1, 0.15) is 36.6 Å². The molecule has 1 aromatic heterocycles. The number of aromatic nitrogens is 1. The van der Waals surface area contributed by atoms with Gasteiger partial charge in [-0.1, -0.05) is 58.8 Å². The van der Waals surface area contributed by atoms with Crippen molar-refractivity contribution >= 4 is 52.3 Å². The minimum Gasteiger partial charge on any atom is -0.493 e. The predicted octanol–water partition coefficient (Wildman–Crippen LogP) is 5.76. The molecule has 0 saturated heterocycles. The zero-order valence-electron chi connectivity index (χ0n) is 24.9. The maximum absolute atomic E-state index is 14.0. The highest BCUT2D eigenvalue weighted by atomic mass is 35.5. The van der Waals surface area contributed by atoms with E-state index in [0.717, 1.165) is 16.8 Å². The van der Waals surface area contributed by atoms with E-state index in [1.807, 2.05) is 49.3 Å². The number of carbonyl (C=O) groups is 1. The maximum atomic E-state index is 14.0. The Morgan fingerprint density at radius 2 is 1.82 bits per heavy atom. The van der Waals surface area contributed by atoms with Crippen LogP contribution in [-0.2, 0) is 16.1 Å². The molecule has 0 bridgehead atoms. The number of ether oxygens (including phenoxy) is 3. The number of hydrogen-bond donors (Lipinski definition) is 0. The predicted molar refractivity (Wildman–Crippen MR) is 175 cm³/mol. The number of esters is 1. The highest BCUT2D eigenvalue weighted by Gasteiger charge is 2.34. The van der Waals surface area contributed by atoms with Gasteiger partial charge in [-0.25, -0.2) is 9.79 Å². The van der Waals surface area contributed by atoms with Crippen LogP contribution in [0.4, 0.5) is 5.69 Å². The number of rotatable bonds is 9. The third-order valence-corrected chi connectivity index (χ3v) is 8.70. The van der Waals surface area contributed by atoms with E-state index in [1.54, 1.807) is 54.8 Å². The summed E-state index contributed by atoms with van der Waals surface area (Å²) in [6.45, 7) is 3.85. The molecule has 0 saturated carbocycles. The smallest absolute Gasteiger partial charge is 0.338 e. The van der Waals surface area contributed by atoms with Gasteiger partial charge in [0.2, 0.25) is 0 Å². The van der Waals surface area contributed by atoms with E-state index in [-0.39, 0.29) is 24.3 Å². The molecule has 0 radical (unpaired) electrons. The number of nitrogens with zero attached hydrogens (tertiary/aromatic N) is 3. The van der Waals surface area contributed by atoms with E-state index < -0.39 is 12.0 Å². The van der Waals surface area contributed by atoms with Crippen LogP contribution in [0.2, 0.25) is 10.0 Å². The monoisotopic (exact) mass is 651 g/mol. The first-order valence-electron chi connectivity index (χ1n) is 13.8. The minimum absolute atomic E-state index is 0.180. The normalized spacial score (nSPS) is 14.6. The van der Waals surface area contributed by atoms with Gasteiger partial charge in [-0.05, 0) is 67.4 Å². The fraction of sp³-hybridized carbons (Fsp3) is 0.242. The van der Waals surface area contributed by atoms with Crippen LogP contribution in [0, 0.1) is 0 Å². The Bertz CT molecular complexity index is 1930. The first-order valence-corrected chi connectivity index (χ1v) is 15.4. The Balaban J connectivity index is 1.58. The van der Waals surface area contributed by atoms with E-state index in [9.17, 15) is 9.59 Å². The van der Waals surface area contributed by atoms with Crippen LogP contribution >= 0.6 is 34.5 Å². The average molecular weight is 653 g/mol. The molecule has 2 heterocycles. The van der Waals surface area contributed by atoms with Crippen LogP contribution in [-0.4, -0.2) is 38.3 Å². The molecule has 0 N–H and O–H groups in total. The summed E-state index contributed by atoms with van der Waals surface area (Å²) in [4.78, 5) is 34.4. The van der Waals surface area contributed by atoms with Gasteiger partial charge >= 0.3 is 5.97 Å². The minimum atomic E-state index is -0.794. The summed E-state index contributed by atoms with van der Waals surface area (Å²) >= 11 is 13.6. The van der Waals surface area contributed by atoms with Crippen LogP contribution in [0.5, 0.6) is 11.5 Å². The van der Waals surface area contributed by atoms with Crippen LogP contribution in [0.3, 0.4) is 0 Å². The van der Waals surface area contributed by atoms with Crippen molar-refractivity contribution in [3.63, 3.8) is 0 Å². The number of halogens is 2. The van der Waals surface area contributed by atoms with Crippen molar-refractivity contribution in [1.82, 2.24) is 4.57 Å².